The number of hydrogen-bond donors (Lipinski definition) is 3. The Kier molecular flexibility index (Phi) is 4.61. The number of nitrogens with zero attached hydrogens (tertiary/aromatic N) is 3. The molecule has 0 bridgehead atoms. The van der Waals surface area contributed by atoms with Crippen LogP contribution < -0.4 is 16.6 Å². The van der Waals surface area contributed by atoms with Gasteiger partial charge in [-0.25, -0.2) is 23.5 Å². The molecule has 0 spiro atoms. The standard InChI is InChI=1S/C8H16N6O2S/c1-14(2)17(15,16)6-5-10-7-3-4-11-8(12-7)13-9/h3-4H,5-6,9H2,1-2H3,(H2,10,11,12,13). The first-order valence-corrected chi connectivity index (χ1v) is 6.50. The molecule has 0 radical (unpaired) electrons. The Morgan fingerprint density at radius 3 is 2.76 bits per heavy atom. The van der Waals surface area contributed by atoms with E-state index in [1.165, 1.54) is 24.6 Å². The summed E-state index contributed by atoms with van der Waals surface area (Å²) < 4.78 is 24.1. The molecule has 9 heteroatoms. The van der Waals surface area contributed by atoms with Gasteiger partial charge < -0.3 is 5.32 Å². The van der Waals surface area contributed by atoms with Gasteiger partial charge in [0.1, 0.15) is 5.82 Å². The lowest BCUT2D eigenvalue weighted by molar-refractivity contribution is 0.521. The predicted molar refractivity (Wildman–Crippen MR) is 65.8 cm³/mol. The Bertz CT molecular complexity index is 461. The predicted octanol–water partition coefficient (Wildman–Crippen LogP) is -0.934. The van der Waals surface area contributed by atoms with Crippen LogP contribution in [0.3, 0.4) is 0 Å². The van der Waals surface area contributed by atoms with E-state index in [2.05, 4.69) is 20.7 Å². The maximum Gasteiger partial charge on any atom is 0.239 e. The van der Waals surface area contributed by atoms with Crippen LogP contribution in [0.4, 0.5) is 11.8 Å². The van der Waals surface area contributed by atoms with Crippen LogP contribution in [0.2, 0.25) is 0 Å². The molecule has 0 unspecified atom stereocenters. The van der Waals surface area contributed by atoms with Crippen molar-refractivity contribution in [2.75, 3.05) is 37.1 Å². The zero-order valence-corrected chi connectivity index (χ0v) is 10.5. The minimum Gasteiger partial charge on any atom is -0.369 e. The van der Waals surface area contributed by atoms with Crippen molar-refractivity contribution >= 4 is 21.8 Å². The highest BCUT2D eigenvalue weighted by molar-refractivity contribution is 7.89. The Balaban J connectivity index is 2.51. The van der Waals surface area contributed by atoms with Gasteiger partial charge in [-0.15, -0.1) is 0 Å². The summed E-state index contributed by atoms with van der Waals surface area (Å²) in [5.74, 6) is 5.93. The Morgan fingerprint density at radius 1 is 1.47 bits per heavy atom. The quantitative estimate of drug-likeness (QED) is 0.447. The van der Waals surface area contributed by atoms with Crippen LogP contribution in [0.1, 0.15) is 0 Å². The number of hydrazine groups is 1. The summed E-state index contributed by atoms with van der Waals surface area (Å²) in [4.78, 5) is 7.82. The molecule has 0 aliphatic rings. The van der Waals surface area contributed by atoms with E-state index in [0.717, 1.165) is 0 Å². The lowest BCUT2D eigenvalue weighted by atomic mass is 10.5. The lowest BCUT2D eigenvalue weighted by Crippen LogP contribution is -2.28. The van der Waals surface area contributed by atoms with Gasteiger partial charge in [-0.3, -0.25) is 5.43 Å². The third-order valence-electron chi connectivity index (χ3n) is 2.01. The maximum absolute atomic E-state index is 11.5. The van der Waals surface area contributed by atoms with Crippen LogP contribution in [0.15, 0.2) is 12.3 Å². The highest BCUT2D eigenvalue weighted by atomic mass is 32.2. The van der Waals surface area contributed by atoms with Crippen molar-refractivity contribution in [3.05, 3.63) is 12.3 Å². The number of anilines is 2. The molecule has 0 saturated heterocycles. The summed E-state index contributed by atoms with van der Waals surface area (Å²) in [6.45, 7) is 0.265. The summed E-state index contributed by atoms with van der Waals surface area (Å²) in [5, 5.41) is 2.88. The Morgan fingerprint density at radius 2 is 2.18 bits per heavy atom. The summed E-state index contributed by atoms with van der Waals surface area (Å²) in [7, 11) is -0.204. The number of nitrogens with two attached hydrogens (primary N) is 1. The fraction of sp³-hybridized carbons (Fsp3) is 0.500. The van der Waals surface area contributed by atoms with Crippen molar-refractivity contribution in [2.45, 2.75) is 0 Å². The number of nitrogens with one attached hydrogen (secondary N) is 2. The molecule has 0 saturated carbocycles. The van der Waals surface area contributed by atoms with Gasteiger partial charge in [0.2, 0.25) is 16.0 Å². The minimum absolute atomic E-state index is 0.00457. The van der Waals surface area contributed by atoms with Crippen molar-refractivity contribution < 1.29 is 8.42 Å². The average Bonchev–Trinajstić information content (AvgIpc) is 2.29. The van der Waals surface area contributed by atoms with E-state index >= 15 is 0 Å². The lowest BCUT2D eigenvalue weighted by Gasteiger charge is -2.11. The van der Waals surface area contributed by atoms with Gasteiger partial charge in [-0.1, -0.05) is 0 Å². The maximum atomic E-state index is 11.5. The third-order valence-corrected chi connectivity index (χ3v) is 3.84. The van der Waals surface area contributed by atoms with E-state index in [-0.39, 0.29) is 18.2 Å². The second kappa shape index (κ2) is 5.75. The molecule has 0 aromatic carbocycles. The zero-order valence-electron chi connectivity index (χ0n) is 9.71. The summed E-state index contributed by atoms with van der Waals surface area (Å²) in [6.07, 6.45) is 1.52. The summed E-state index contributed by atoms with van der Waals surface area (Å²) in [5.41, 5.74) is 2.30. The fourth-order valence-electron chi connectivity index (χ4n) is 1.02. The van der Waals surface area contributed by atoms with Crippen molar-refractivity contribution in [2.24, 2.45) is 5.84 Å². The van der Waals surface area contributed by atoms with Crippen LogP contribution >= 0.6 is 0 Å². The monoisotopic (exact) mass is 260 g/mol. The molecule has 96 valence electrons. The first-order chi connectivity index (χ1) is 7.95. The van der Waals surface area contributed by atoms with Crippen LogP contribution in [-0.2, 0) is 10.0 Å². The van der Waals surface area contributed by atoms with Gasteiger partial charge in [0, 0.05) is 26.8 Å². The van der Waals surface area contributed by atoms with E-state index in [4.69, 9.17) is 5.84 Å². The van der Waals surface area contributed by atoms with Crippen molar-refractivity contribution in [1.82, 2.24) is 14.3 Å². The van der Waals surface area contributed by atoms with Crippen LogP contribution in [0.25, 0.3) is 0 Å². The topological polar surface area (TPSA) is 113 Å². The van der Waals surface area contributed by atoms with E-state index in [1.807, 2.05) is 0 Å². The van der Waals surface area contributed by atoms with Gasteiger partial charge >= 0.3 is 0 Å². The molecular formula is C8H16N6O2S. The van der Waals surface area contributed by atoms with Crippen LogP contribution in [-0.4, -0.2) is 49.1 Å². The first-order valence-electron chi connectivity index (χ1n) is 4.89. The number of rotatable bonds is 6. The molecule has 0 aliphatic carbocycles. The zero-order chi connectivity index (χ0) is 12.9. The second-order valence-corrected chi connectivity index (χ2v) is 5.74. The summed E-state index contributed by atoms with van der Waals surface area (Å²) in [6, 6.07) is 1.63. The molecule has 1 aromatic heterocycles. The Hall–Kier alpha value is -1.45. The number of hydrogen-bond acceptors (Lipinski definition) is 7. The molecule has 4 N–H and O–H groups in total. The van der Waals surface area contributed by atoms with Gasteiger partial charge in [-0.2, -0.15) is 4.98 Å². The van der Waals surface area contributed by atoms with Crippen molar-refractivity contribution in [3.8, 4) is 0 Å². The summed E-state index contributed by atoms with van der Waals surface area (Å²) >= 11 is 0. The number of sulfonamides is 1. The third kappa shape index (κ3) is 4.13. The van der Waals surface area contributed by atoms with E-state index in [9.17, 15) is 8.42 Å². The van der Waals surface area contributed by atoms with Gasteiger partial charge in [0.05, 0.1) is 5.75 Å². The molecule has 1 aromatic rings. The molecule has 17 heavy (non-hydrogen) atoms. The minimum atomic E-state index is -3.20. The smallest absolute Gasteiger partial charge is 0.239 e. The highest BCUT2D eigenvalue weighted by Gasteiger charge is 2.12. The molecule has 0 fully saturated rings. The second-order valence-electron chi connectivity index (χ2n) is 3.44. The normalized spacial score (nSPS) is 11.5. The Labute approximate surface area is 100 Å². The molecule has 0 aliphatic heterocycles. The first kappa shape index (κ1) is 13.6. The largest absolute Gasteiger partial charge is 0.369 e. The van der Waals surface area contributed by atoms with Crippen LogP contribution in [0, 0.1) is 0 Å². The van der Waals surface area contributed by atoms with Crippen molar-refractivity contribution in [3.63, 3.8) is 0 Å². The van der Waals surface area contributed by atoms with E-state index < -0.39 is 10.0 Å². The number of aromatic nitrogens is 2. The van der Waals surface area contributed by atoms with Crippen LogP contribution in [0.5, 0.6) is 0 Å². The molecule has 1 rings (SSSR count). The molecule has 8 nitrogen and oxygen atoms in total. The molecule has 1 heterocycles. The van der Waals surface area contributed by atoms with E-state index in [1.54, 1.807) is 6.07 Å². The SMILES string of the molecule is CN(C)S(=O)(=O)CCNc1ccnc(NN)n1. The van der Waals surface area contributed by atoms with Gasteiger partial charge in [0.15, 0.2) is 0 Å². The number of nitrogen functional groups attached to an aromatic ring is 1. The van der Waals surface area contributed by atoms with Crippen molar-refractivity contribution in [1.29, 1.82) is 0 Å². The molecular weight excluding hydrogens is 244 g/mol. The molecule has 0 atom stereocenters. The average molecular weight is 260 g/mol. The van der Waals surface area contributed by atoms with E-state index in [0.29, 0.717) is 5.82 Å². The van der Waals surface area contributed by atoms with Gasteiger partial charge in [0.25, 0.3) is 0 Å². The van der Waals surface area contributed by atoms with Gasteiger partial charge in [-0.05, 0) is 6.07 Å². The fourth-order valence-corrected chi connectivity index (χ4v) is 1.74. The highest BCUT2D eigenvalue weighted by Crippen LogP contribution is 2.04. The molecule has 0 amide bonds.